The van der Waals surface area contributed by atoms with Crippen molar-refractivity contribution in [3.63, 3.8) is 0 Å². The van der Waals surface area contributed by atoms with Gasteiger partial charge in [0.25, 0.3) is 5.91 Å². The highest BCUT2D eigenvalue weighted by atomic mass is 16.5. The highest BCUT2D eigenvalue weighted by molar-refractivity contribution is 5.99. The van der Waals surface area contributed by atoms with Gasteiger partial charge in [0.05, 0.1) is 24.9 Å². The molecule has 210 valence electrons. The zero-order valence-corrected chi connectivity index (χ0v) is 24.5. The number of hydrogen-bond donors (Lipinski definition) is 0. The largest absolute Gasteiger partial charge is 0.492 e. The number of ether oxygens (including phenoxy) is 2. The smallest absolute Gasteiger partial charge is 0.254 e. The normalized spacial score (nSPS) is 13.8. The summed E-state index contributed by atoms with van der Waals surface area (Å²) >= 11 is 0. The molecule has 3 aromatic rings. The van der Waals surface area contributed by atoms with Crippen molar-refractivity contribution in [3.05, 3.63) is 75.9 Å². The SMILES string of the molecule is CCOc1cc(C(C)N2CCc3c(cc(CCN(C)CCOC)cc3-c3cc(C)ncc3C)C2=O)ncc1C#N. The van der Waals surface area contributed by atoms with Crippen molar-refractivity contribution in [3.8, 4) is 22.9 Å². The minimum absolute atomic E-state index is 0.00265. The molecular weight excluding hydrogens is 502 g/mol. The Hall–Kier alpha value is -3.80. The van der Waals surface area contributed by atoms with Crippen LogP contribution in [0.2, 0.25) is 0 Å². The molecule has 0 fully saturated rings. The van der Waals surface area contributed by atoms with Gasteiger partial charge in [0.2, 0.25) is 0 Å². The molecule has 0 saturated carbocycles. The maximum atomic E-state index is 14.1. The minimum atomic E-state index is -0.273. The molecule has 1 aromatic carbocycles. The quantitative estimate of drug-likeness (QED) is 0.341. The Bertz CT molecular complexity index is 1410. The molecule has 3 heterocycles. The van der Waals surface area contributed by atoms with E-state index in [1.54, 1.807) is 13.2 Å². The molecule has 4 rings (SSSR count). The second-order valence-electron chi connectivity index (χ2n) is 10.4. The highest BCUT2D eigenvalue weighted by Gasteiger charge is 2.32. The molecule has 1 amide bonds. The molecule has 8 heteroatoms. The van der Waals surface area contributed by atoms with Gasteiger partial charge >= 0.3 is 0 Å². The minimum Gasteiger partial charge on any atom is -0.492 e. The topological polar surface area (TPSA) is 91.6 Å². The Morgan fingerprint density at radius 3 is 2.60 bits per heavy atom. The fraction of sp³-hybridized carbons (Fsp3) is 0.438. The van der Waals surface area contributed by atoms with E-state index in [1.807, 2.05) is 31.9 Å². The first kappa shape index (κ1) is 29.2. The Morgan fingerprint density at radius 1 is 1.10 bits per heavy atom. The number of nitrogens with zero attached hydrogens (tertiary/aromatic N) is 5. The number of nitriles is 1. The molecule has 1 aliphatic rings. The number of aromatic nitrogens is 2. The lowest BCUT2D eigenvalue weighted by Gasteiger charge is -2.35. The number of likely N-dealkylation sites (N-methyl/N-ethyl adjacent to an activating group) is 1. The summed E-state index contributed by atoms with van der Waals surface area (Å²) in [6, 6.07) is 10.1. The van der Waals surface area contributed by atoms with Gasteiger partial charge in [0.15, 0.2) is 0 Å². The number of benzene rings is 1. The fourth-order valence-electron chi connectivity index (χ4n) is 5.23. The number of aryl methyl sites for hydroxylation is 2. The van der Waals surface area contributed by atoms with Crippen molar-refractivity contribution in [2.45, 2.75) is 46.6 Å². The first-order chi connectivity index (χ1) is 19.3. The standard InChI is InChI=1S/C32H39N5O3/c1-7-40-31-17-30(35-20-25(31)18-33)23(4)37-11-9-26-28(27-14-22(3)34-19-21(27)2)15-24(16-29(26)32(37)38)8-10-36(5)12-13-39-6/h14-17,19-20,23H,7-13H2,1-6H3. The molecular formula is C32H39N5O3. The Labute approximate surface area is 237 Å². The number of methoxy groups -OCH3 is 1. The molecule has 40 heavy (non-hydrogen) atoms. The summed E-state index contributed by atoms with van der Waals surface area (Å²) < 4.78 is 10.9. The monoisotopic (exact) mass is 541 g/mol. The number of carbonyl (C=O) groups excluding carboxylic acids is 1. The second kappa shape index (κ2) is 13.0. The molecule has 0 aliphatic carbocycles. The van der Waals surface area contributed by atoms with Crippen molar-refractivity contribution in [1.29, 1.82) is 5.26 Å². The van der Waals surface area contributed by atoms with Gasteiger partial charge in [-0.3, -0.25) is 14.8 Å². The average Bonchev–Trinajstić information content (AvgIpc) is 2.96. The molecule has 1 atom stereocenters. The van der Waals surface area contributed by atoms with Crippen LogP contribution < -0.4 is 4.74 Å². The van der Waals surface area contributed by atoms with Crippen molar-refractivity contribution in [2.24, 2.45) is 0 Å². The van der Waals surface area contributed by atoms with E-state index >= 15 is 0 Å². The number of carbonyl (C=O) groups is 1. The average molecular weight is 542 g/mol. The first-order valence-corrected chi connectivity index (χ1v) is 13.9. The first-order valence-electron chi connectivity index (χ1n) is 13.9. The molecule has 0 bridgehead atoms. The van der Waals surface area contributed by atoms with E-state index in [4.69, 9.17) is 9.47 Å². The molecule has 0 spiro atoms. The molecule has 0 radical (unpaired) electrons. The number of pyridine rings is 2. The summed E-state index contributed by atoms with van der Waals surface area (Å²) in [5.74, 6) is 0.495. The van der Waals surface area contributed by atoms with Crippen molar-refractivity contribution >= 4 is 5.91 Å². The highest BCUT2D eigenvalue weighted by Crippen LogP contribution is 2.36. The van der Waals surface area contributed by atoms with Gasteiger partial charge in [0.1, 0.15) is 17.4 Å². The molecule has 0 saturated heterocycles. The van der Waals surface area contributed by atoms with Gasteiger partial charge in [-0.2, -0.15) is 5.26 Å². The van der Waals surface area contributed by atoms with Crippen molar-refractivity contribution in [2.75, 3.05) is 47.0 Å². The lowest BCUT2D eigenvalue weighted by atomic mass is 9.86. The number of hydrogen-bond acceptors (Lipinski definition) is 7. The van der Waals surface area contributed by atoms with Crippen LogP contribution in [0.25, 0.3) is 11.1 Å². The summed E-state index contributed by atoms with van der Waals surface area (Å²) in [5, 5.41) is 9.43. The summed E-state index contributed by atoms with van der Waals surface area (Å²) in [6.07, 6.45) is 5.00. The van der Waals surface area contributed by atoms with Gasteiger partial charge in [-0.25, -0.2) is 0 Å². The zero-order chi connectivity index (χ0) is 28.8. The lowest BCUT2D eigenvalue weighted by Crippen LogP contribution is -2.40. The third-order valence-electron chi connectivity index (χ3n) is 7.60. The fourth-order valence-corrected chi connectivity index (χ4v) is 5.23. The predicted molar refractivity (Wildman–Crippen MR) is 156 cm³/mol. The predicted octanol–water partition coefficient (Wildman–Crippen LogP) is 4.91. The Balaban J connectivity index is 1.72. The van der Waals surface area contributed by atoms with Crippen LogP contribution >= 0.6 is 0 Å². The van der Waals surface area contributed by atoms with E-state index in [9.17, 15) is 10.1 Å². The summed E-state index contributed by atoms with van der Waals surface area (Å²) in [7, 11) is 3.80. The lowest BCUT2D eigenvalue weighted by molar-refractivity contribution is 0.0669. The van der Waals surface area contributed by atoms with Gasteiger partial charge in [0, 0.05) is 56.5 Å². The Morgan fingerprint density at radius 2 is 1.88 bits per heavy atom. The van der Waals surface area contributed by atoms with E-state index in [2.05, 4.69) is 53.1 Å². The maximum Gasteiger partial charge on any atom is 0.254 e. The molecule has 2 aromatic heterocycles. The van der Waals surface area contributed by atoms with Crippen LogP contribution in [0, 0.1) is 25.2 Å². The van der Waals surface area contributed by atoms with E-state index in [1.165, 1.54) is 6.20 Å². The van der Waals surface area contributed by atoms with E-state index in [0.717, 1.165) is 65.0 Å². The van der Waals surface area contributed by atoms with Crippen LogP contribution in [0.3, 0.4) is 0 Å². The summed E-state index contributed by atoms with van der Waals surface area (Å²) in [6.45, 7) is 11.4. The van der Waals surface area contributed by atoms with Crippen molar-refractivity contribution in [1.82, 2.24) is 19.8 Å². The van der Waals surface area contributed by atoms with Gasteiger partial charge in [-0.1, -0.05) is 6.07 Å². The van der Waals surface area contributed by atoms with Crippen molar-refractivity contribution < 1.29 is 14.3 Å². The molecule has 0 N–H and O–H groups in total. The zero-order valence-electron chi connectivity index (χ0n) is 24.5. The molecule has 8 nitrogen and oxygen atoms in total. The van der Waals surface area contributed by atoms with Crippen LogP contribution in [0.1, 0.15) is 63.9 Å². The van der Waals surface area contributed by atoms with E-state index in [-0.39, 0.29) is 11.9 Å². The van der Waals surface area contributed by atoms with E-state index < -0.39 is 0 Å². The van der Waals surface area contributed by atoms with Crippen LogP contribution in [-0.2, 0) is 17.6 Å². The van der Waals surface area contributed by atoms with Crippen LogP contribution in [0.15, 0.2) is 36.7 Å². The Kier molecular flexibility index (Phi) is 9.51. The van der Waals surface area contributed by atoms with Gasteiger partial charge in [-0.05, 0) is 87.5 Å². The van der Waals surface area contributed by atoms with Gasteiger partial charge in [-0.15, -0.1) is 0 Å². The third kappa shape index (κ3) is 6.33. The van der Waals surface area contributed by atoms with E-state index in [0.29, 0.717) is 36.8 Å². The number of amides is 1. The maximum absolute atomic E-state index is 14.1. The second-order valence-corrected chi connectivity index (χ2v) is 10.4. The number of fused-ring (bicyclic) bond motifs is 1. The third-order valence-corrected chi connectivity index (χ3v) is 7.60. The summed E-state index contributed by atoms with van der Waals surface area (Å²) in [4.78, 5) is 27.2. The van der Waals surface area contributed by atoms with Gasteiger partial charge < -0.3 is 19.3 Å². The number of rotatable bonds is 11. The van der Waals surface area contributed by atoms with Crippen LogP contribution in [0.5, 0.6) is 5.75 Å². The molecule has 1 unspecified atom stereocenters. The summed E-state index contributed by atoms with van der Waals surface area (Å²) in [5.41, 5.74) is 8.35. The van der Waals surface area contributed by atoms with Crippen LogP contribution in [0.4, 0.5) is 0 Å². The molecule has 1 aliphatic heterocycles. The van der Waals surface area contributed by atoms with Crippen LogP contribution in [-0.4, -0.2) is 72.7 Å².